The normalized spacial score (nSPS) is 18.7. The summed E-state index contributed by atoms with van der Waals surface area (Å²) in [4.78, 5) is 18.3. The fourth-order valence-electron chi connectivity index (χ4n) is 2.55. The summed E-state index contributed by atoms with van der Waals surface area (Å²) in [6.07, 6.45) is 1.18. The zero-order valence-corrected chi connectivity index (χ0v) is 11.8. The van der Waals surface area contributed by atoms with E-state index in [0.717, 1.165) is 31.1 Å². The summed E-state index contributed by atoms with van der Waals surface area (Å²) in [6.45, 7) is 4.92. The number of aromatic nitrogens is 1. The number of pyridine rings is 1. The molecule has 0 saturated carbocycles. The maximum absolute atomic E-state index is 11.5. The first kappa shape index (κ1) is 13.8. The van der Waals surface area contributed by atoms with Gasteiger partial charge in [0.25, 0.3) is 0 Å². The van der Waals surface area contributed by atoms with Crippen molar-refractivity contribution in [2.75, 3.05) is 38.7 Å². The predicted octanol–water partition coefficient (Wildman–Crippen LogP) is 1.22. The number of aryl methyl sites for hydroxylation is 1. The van der Waals surface area contributed by atoms with E-state index in [1.54, 1.807) is 6.07 Å². The predicted molar refractivity (Wildman–Crippen MR) is 74.6 cm³/mol. The number of methoxy groups -OCH3 is 1. The van der Waals surface area contributed by atoms with Crippen molar-refractivity contribution in [2.45, 2.75) is 13.3 Å². The van der Waals surface area contributed by atoms with Crippen LogP contribution in [-0.2, 0) is 4.74 Å². The highest BCUT2D eigenvalue weighted by atomic mass is 16.5. The second-order valence-electron chi connectivity index (χ2n) is 4.95. The smallest absolute Gasteiger partial charge is 0.339 e. The summed E-state index contributed by atoms with van der Waals surface area (Å²) >= 11 is 0. The third-order valence-corrected chi connectivity index (χ3v) is 3.58. The first-order valence-corrected chi connectivity index (χ1v) is 6.61. The van der Waals surface area contributed by atoms with Crippen LogP contribution in [0.5, 0.6) is 0 Å². The summed E-state index contributed by atoms with van der Waals surface area (Å²) in [5.74, 6) is 1.29. The molecule has 1 aliphatic heterocycles. The largest absolute Gasteiger partial charge is 0.465 e. The van der Waals surface area contributed by atoms with Crippen molar-refractivity contribution in [2.24, 2.45) is 5.92 Å². The van der Waals surface area contributed by atoms with Crippen molar-refractivity contribution in [3.63, 3.8) is 0 Å². The van der Waals surface area contributed by atoms with Gasteiger partial charge in [0.15, 0.2) is 0 Å². The summed E-state index contributed by atoms with van der Waals surface area (Å²) in [6, 6.07) is 3.70. The van der Waals surface area contributed by atoms with Gasteiger partial charge in [0.1, 0.15) is 5.82 Å². The molecule has 1 unspecified atom stereocenters. The van der Waals surface area contributed by atoms with Gasteiger partial charge in [-0.25, -0.2) is 9.78 Å². The molecule has 1 aromatic rings. The minimum atomic E-state index is -0.328. The molecule has 104 valence electrons. The molecule has 0 aliphatic carbocycles. The third kappa shape index (κ3) is 3.04. The quantitative estimate of drug-likeness (QED) is 0.828. The highest BCUT2D eigenvalue weighted by molar-refractivity contribution is 5.90. The number of nitrogens with zero attached hydrogens (tertiary/aromatic N) is 2. The van der Waals surface area contributed by atoms with Gasteiger partial charge in [-0.15, -0.1) is 0 Å². The van der Waals surface area contributed by atoms with Gasteiger partial charge in [-0.1, -0.05) is 0 Å². The van der Waals surface area contributed by atoms with Gasteiger partial charge < -0.3 is 15.0 Å². The average molecular weight is 263 g/mol. The van der Waals surface area contributed by atoms with E-state index < -0.39 is 0 Å². The van der Waals surface area contributed by atoms with E-state index in [2.05, 4.69) is 15.2 Å². The lowest BCUT2D eigenvalue weighted by Crippen LogP contribution is -2.25. The van der Waals surface area contributed by atoms with E-state index in [9.17, 15) is 4.79 Å². The minimum absolute atomic E-state index is 0.328. The fraction of sp³-hybridized carbons (Fsp3) is 0.571. The monoisotopic (exact) mass is 263 g/mol. The Morgan fingerprint density at radius 3 is 3.00 bits per heavy atom. The van der Waals surface area contributed by atoms with E-state index in [0.29, 0.717) is 11.5 Å². The molecule has 1 aromatic heterocycles. The van der Waals surface area contributed by atoms with Crippen LogP contribution < -0.4 is 10.2 Å². The van der Waals surface area contributed by atoms with Crippen molar-refractivity contribution < 1.29 is 9.53 Å². The molecule has 2 heterocycles. The Kier molecular flexibility index (Phi) is 4.37. The topological polar surface area (TPSA) is 54.5 Å². The van der Waals surface area contributed by atoms with Gasteiger partial charge in [0.05, 0.1) is 18.4 Å². The highest BCUT2D eigenvalue weighted by Gasteiger charge is 2.23. The van der Waals surface area contributed by atoms with Crippen LogP contribution in [0.1, 0.15) is 22.5 Å². The van der Waals surface area contributed by atoms with Gasteiger partial charge in [0, 0.05) is 13.1 Å². The van der Waals surface area contributed by atoms with E-state index in [1.165, 1.54) is 13.5 Å². The Bertz CT molecular complexity index is 462. The molecular weight excluding hydrogens is 242 g/mol. The van der Waals surface area contributed by atoms with Gasteiger partial charge in [-0.05, 0) is 45.0 Å². The van der Waals surface area contributed by atoms with Crippen LogP contribution in [0.3, 0.4) is 0 Å². The fourth-order valence-corrected chi connectivity index (χ4v) is 2.55. The Labute approximate surface area is 114 Å². The number of hydrogen-bond donors (Lipinski definition) is 1. The molecular formula is C14H21N3O2. The summed E-state index contributed by atoms with van der Waals surface area (Å²) < 4.78 is 4.73. The molecule has 19 heavy (non-hydrogen) atoms. The number of hydrogen-bond acceptors (Lipinski definition) is 5. The number of anilines is 1. The van der Waals surface area contributed by atoms with Gasteiger partial charge >= 0.3 is 5.97 Å². The van der Waals surface area contributed by atoms with Crippen LogP contribution in [0.15, 0.2) is 12.1 Å². The molecule has 0 bridgehead atoms. The Hall–Kier alpha value is -1.62. The van der Waals surface area contributed by atoms with Crippen LogP contribution in [0.2, 0.25) is 0 Å². The molecule has 0 aromatic carbocycles. The van der Waals surface area contributed by atoms with Crippen molar-refractivity contribution >= 4 is 11.8 Å². The molecule has 1 atom stereocenters. The molecule has 1 fully saturated rings. The lowest BCUT2D eigenvalue weighted by molar-refractivity contribution is 0.0599. The second kappa shape index (κ2) is 6.02. The number of nitrogens with one attached hydrogen (secondary N) is 1. The summed E-state index contributed by atoms with van der Waals surface area (Å²) in [7, 11) is 3.37. The summed E-state index contributed by atoms with van der Waals surface area (Å²) in [5, 5.41) is 3.22. The lowest BCUT2D eigenvalue weighted by atomic mass is 10.1. The number of ether oxygens (including phenoxy) is 1. The zero-order chi connectivity index (χ0) is 13.8. The highest BCUT2D eigenvalue weighted by Crippen LogP contribution is 2.23. The second-order valence-corrected chi connectivity index (χ2v) is 4.95. The van der Waals surface area contributed by atoms with Gasteiger partial charge in [-0.2, -0.15) is 0 Å². The van der Waals surface area contributed by atoms with E-state index in [4.69, 9.17) is 4.74 Å². The molecule has 1 saturated heterocycles. The first-order valence-electron chi connectivity index (χ1n) is 6.61. The Morgan fingerprint density at radius 2 is 2.37 bits per heavy atom. The number of carbonyl (C=O) groups is 1. The molecule has 0 amide bonds. The molecule has 5 nitrogen and oxygen atoms in total. The van der Waals surface area contributed by atoms with Crippen LogP contribution in [0.4, 0.5) is 5.82 Å². The van der Waals surface area contributed by atoms with Crippen LogP contribution in [0.25, 0.3) is 0 Å². The zero-order valence-electron chi connectivity index (χ0n) is 11.8. The SMILES string of the molecule is CNCC1CCN(c2ccc(C(=O)OC)c(C)n2)C1. The Balaban J connectivity index is 2.10. The molecule has 1 aliphatic rings. The van der Waals surface area contributed by atoms with Crippen molar-refractivity contribution in [1.82, 2.24) is 10.3 Å². The van der Waals surface area contributed by atoms with Crippen LogP contribution in [0, 0.1) is 12.8 Å². The first-order chi connectivity index (χ1) is 9.15. The molecule has 2 rings (SSSR count). The summed E-state index contributed by atoms with van der Waals surface area (Å²) in [5.41, 5.74) is 1.26. The molecule has 0 radical (unpaired) electrons. The average Bonchev–Trinajstić information content (AvgIpc) is 2.87. The maximum Gasteiger partial charge on any atom is 0.339 e. The lowest BCUT2D eigenvalue weighted by Gasteiger charge is -2.18. The van der Waals surface area contributed by atoms with Crippen molar-refractivity contribution in [1.29, 1.82) is 0 Å². The standard InChI is InChI=1S/C14H21N3O2/c1-10-12(14(18)19-3)4-5-13(16-10)17-7-6-11(9-17)8-15-2/h4-5,11,15H,6-9H2,1-3H3. The Morgan fingerprint density at radius 1 is 1.58 bits per heavy atom. The van der Waals surface area contributed by atoms with E-state index in [-0.39, 0.29) is 5.97 Å². The van der Waals surface area contributed by atoms with Crippen LogP contribution in [-0.4, -0.2) is 44.7 Å². The third-order valence-electron chi connectivity index (χ3n) is 3.58. The van der Waals surface area contributed by atoms with E-state index in [1.807, 2.05) is 20.0 Å². The number of rotatable bonds is 4. The number of carbonyl (C=O) groups excluding carboxylic acids is 1. The number of esters is 1. The maximum atomic E-state index is 11.5. The van der Waals surface area contributed by atoms with Gasteiger partial charge in [-0.3, -0.25) is 0 Å². The van der Waals surface area contributed by atoms with Crippen molar-refractivity contribution in [3.05, 3.63) is 23.4 Å². The van der Waals surface area contributed by atoms with Crippen molar-refractivity contribution in [3.8, 4) is 0 Å². The van der Waals surface area contributed by atoms with E-state index >= 15 is 0 Å². The van der Waals surface area contributed by atoms with Gasteiger partial charge in [0.2, 0.25) is 0 Å². The molecule has 1 N–H and O–H groups in total. The molecule has 0 spiro atoms. The minimum Gasteiger partial charge on any atom is -0.465 e. The molecule has 5 heteroatoms. The van der Waals surface area contributed by atoms with Crippen LogP contribution >= 0.6 is 0 Å².